The van der Waals surface area contributed by atoms with Crippen LogP contribution in [0.5, 0.6) is 0 Å². The number of carbonyl (C=O) groups is 2. The van der Waals surface area contributed by atoms with E-state index in [0.717, 1.165) is 24.1 Å². The van der Waals surface area contributed by atoms with Crippen molar-refractivity contribution < 1.29 is 14.7 Å². The standard InChI is InChI=1S/C25H29N3O4/c1-16-11-14-28(17-7-9-18(29)10-8-17)23(31)21(16)22(30)27-13-4-12-25(15-27)19-5-2-3-6-20(19)26-24(25)32/h2-3,5-6,11,14,17-18,29H,4,7-10,12-13,15H2,1H3,(H,26,32). The van der Waals surface area contributed by atoms with Crippen LogP contribution in [0.4, 0.5) is 5.69 Å². The third-order valence-corrected chi connectivity index (χ3v) is 7.51. The maximum absolute atomic E-state index is 13.6. The van der Waals surface area contributed by atoms with Crippen molar-refractivity contribution in [2.45, 2.75) is 63.0 Å². The van der Waals surface area contributed by atoms with Gasteiger partial charge in [-0.25, -0.2) is 0 Å². The van der Waals surface area contributed by atoms with Crippen LogP contribution in [0.3, 0.4) is 0 Å². The third-order valence-electron chi connectivity index (χ3n) is 7.51. The second-order valence-electron chi connectivity index (χ2n) is 9.46. The van der Waals surface area contributed by atoms with Crippen molar-refractivity contribution in [3.8, 4) is 0 Å². The first kappa shape index (κ1) is 20.9. The predicted octanol–water partition coefficient (Wildman–Crippen LogP) is 2.76. The molecular formula is C25H29N3O4. The third kappa shape index (κ3) is 3.26. The Morgan fingerprint density at radius 3 is 2.66 bits per heavy atom. The van der Waals surface area contributed by atoms with Crippen LogP contribution in [0.15, 0.2) is 41.3 Å². The number of hydrogen-bond acceptors (Lipinski definition) is 4. The van der Waals surface area contributed by atoms with Crippen LogP contribution in [-0.2, 0) is 10.2 Å². The van der Waals surface area contributed by atoms with Crippen LogP contribution < -0.4 is 10.9 Å². The second-order valence-corrected chi connectivity index (χ2v) is 9.46. The lowest BCUT2D eigenvalue weighted by molar-refractivity contribution is -0.122. The number of likely N-dealkylation sites (tertiary alicyclic amines) is 1. The molecule has 1 aromatic heterocycles. The molecule has 2 aromatic rings. The Balaban J connectivity index is 1.47. The molecule has 5 rings (SSSR count). The Hall–Kier alpha value is -2.93. The number of hydrogen-bond donors (Lipinski definition) is 2. The molecular weight excluding hydrogens is 406 g/mol. The molecule has 32 heavy (non-hydrogen) atoms. The first-order valence-corrected chi connectivity index (χ1v) is 11.5. The number of fused-ring (bicyclic) bond motifs is 2. The van der Waals surface area contributed by atoms with Gasteiger partial charge in [0.15, 0.2) is 0 Å². The summed E-state index contributed by atoms with van der Waals surface area (Å²) in [5.41, 5.74) is 1.57. The molecule has 1 saturated carbocycles. The van der Waals surface area contributed by atoms with Crippen molar-refractivity contribution in [1.82, 2.24) is 9.47 Å². The lowest BCUT2D eigenvalue weighted by atomic mass is 9.75. The number of aliphatic hydroxyl groups is 1. The van der Waals surface area contributed by atoms with Gasteiger partial charge in [0.1, 0.15) is 5.56 Å². The van der Waals surface area contributed by atoms with E-state index in [2.05, 4.69) is 5.32 Å². The summed E-state index contributed by atoms with van der Waals surface area (Å²) in [6.45, 7) is 2.60. The largest absolute Gasteiger partial charge is 0.393 e. The molecule has 3 aliphatic rings. The van der Waals surface area contributed by atoms with Crippen LogP contribution >= 0.6 is 0 Å². The number of nitrogens with zero attached hydrogens (tertiary/aromatic N) is 2. The summed E-state index contributed by atoms with van der Waals surface area (Å²) in [6.07, 6.45) is 5.63. The van der Waals surface area contributed by atoms with Crippen LogP contribution in [0, 0.1) is 6.92 Å². The highest BCUT2D eigenvalue weighted by atomic mass is 16.3. The Morgan fingerprint density at radius 2 is 1.88 bits per heavy atom. The van der Waals surface area contributed by atoms with Gasteiger partial charge in [-0.15, -0.1) is 0 Å². The van der Waals surface area contributed by atoms with Gasteiger partial charge in [-0.2, -0.15) is 0 Å². The number of pyridine rings is 1. The van der Waals surface area contributed by atoms with Gasteiger partial charge >= 0.3 is 0 Å². The van der Waals surface area contributed by atoms with E-state index >= 15 is 0 Å². The minimum Gasteiger partial charge on any atom is -0.393 e. The molecule has 2 aliphatic heterocycles. The average molecular weight is 436 g/mol. The molecule has 1 saturated heterocycles. The van der Waals surface area contributed by atoms with E-state index in [4.69, 9.17) is 0 Å². The van der Waals surface area contributed by atoms with Gasteiger partial charge < -0.3 is 19.9 Å². The maximum atomic E-state index is 13.6. The number of para-hydroxylation sites is 1. The highest BCUT2D eigenvalue weighted by Crippen LogP contribution is 2.43. The summed E-state index contributed by atoms with van der Waals surface area (Å²) < 4.78 is 1.67. The highest BCUT2D eigenvalue weighted by molar-refractivity contribution is 6.07. The fourth-order valence-electron chi connectivity index (χ4n) is 5.69. The van der Waals surface area contributed by atoms with E-state index in [9.17, 15) is 19.5 Å². The van der Waals surface area contributed by atoms with E-state index in [0.29, 0.717) is 37.8 Å². The smallest absolute Gasteiger partial charge is 0.263 e. The van der Waals surface area contributed by atoms with E-state index in [1.807, 2.05) is 30.3 Å². The predicted molar refractivity (Wildman–Crippen MR) is 121 cm³/mol. The zero-order valence-corrected chi connectivity index (χ0v) is 18.3. The fourth-order valence-corrected chi connectivity index (χ4v) is 5.69. The lowest BCUT2D eigenvalue weighted by Crippen LogP contribution is -2.52. The molecule has 7 heteroatoms. The van der Waals surface area contributed by atoms with Crippen molar-refractivity contribution in [2.75, 3.05) is 18.4 Å². The normalized spacial score (nSPS) is 27.3. The second kappa shape index (κ2) is 7.89. The van der Waals surface area contributed by atoms with Gasteiger partial charge in [0, 0.05) is 31.0 Å². The van der Waals surface area contributed by atoms with E-state index in [1.54, 1.807) is 22.6 Å². The topological polar surface area (TPSA) is 91.6 Å². The first-order valence-electron chi connectivity index (χ1n) is 11.5. The first-order chi connectivity index (χ1) is 15.4. The summed E-state index contributed by atoms with van der Waals surface area (Å²) in [7, 11) is 0. The van der Waals surface area contributed by atoms with E-state index in [1.165, 1.54) is 0 Å². The summed E-state index contributed by atoms with van der Waals surface area (Å²) >= 11 is 0. The van der Waals surface area contributed by atoms with Gasteiger partial charge in [0.2, 0.25) is 5.91 Å². The van der Waals surface area contributed by atoms with Crippen LogP contribution in [0.1, 0.15) is 66.1 Å². The number of anilines is 1. The van der Waals surface area contributed by atoms with Crippen molar-refractivity contribution in [1.29, 1.82) is 0 Å². The molecule has 1 aromatic carbocycles. The summed E-state index contributed by atoms with van der Waals surface area (Å²) in [5.74, 6) is -0.367. The van der Waals surface area contributed by atoms with Crippen molar-refractivity contribution >= 4 is 17.5 Å². The monoisotopic (exact) mass is 435 g/mol. The molecule has 1 spiro atoms. The fraction of sp³-hybridized carbons (Fsp3) is 0.480. The van der Waals surface area contributed by atoms with Crippen LogP contribution in [-0.4, -0.2) is 45.6 Å². The van der Waals surface area contributed by atoms with Crippen molar-refractivity contribution in [3.05, 3.63) is 63.6 Å². The minimum atomic E-state index is -0.758. The molecule has 2 N–H and O–H groups in total. The van der Waals surface area contributed by atoms with Gasteiger partial charge in [-0.3, -0.25) is 14.4 Å². The number of benzene rings is 1. The Kier molecular flexibility index (Phi) is 5.16. The molecule has 1 atom stereocenters. The highest BCUT2D eigenvalue weighted by Gasteiger charge is 2.50. The van der Waals surface area contributed by atoms with Crippen LogP contribution in [0.25, 0.3) is 0 Å². The quantitative estimate of drug-likeness (QED) is 0.759. The number of aryl methyl sites for hydroxylation is 1. The Bertz CT molecular complexity index is 1130. The van der Waals surface area contributed by atoms with Gasteiger partial charge in [-0.1, -0.05) is 18.2 Å². The number of piperidine rings is 1. The number of rotatable bonds is 2. The number of nitrogens with one attached hydrogen (secondary N) is 1. The van der Waals surface area contributed by atoms with Gasteiger partial charge in [-0.05, 0) is 68.7 Å². The summed E-state index contributed by atoms with van der Waals surface area (Å²) in [6, 6.07) is 9.49. The van der Waals surface area contributed by atoms with Gasteiger partial charge in [0.05, 0.1) is 11.5 Å². The molecule has 1 unspecified atom stereocenters. The van der Waals surface area contributed by atoms with E-state index in [-0.39, 0.29) is 41.6 Å². The minimum absolute atomic E-state index is 0.00163. The van der Waals surface area contributed by atoms with Gasteiger partial charge in [0.25, 0.3) is 11.5 Å². The molecule has 7 nitrogen and oxygen atoms in total. The summed E-state index contributed by atoms with van der Waals surface area (Å²) in [5, 5.41) is 12.8. The Morgan fingerprint density at radius 1 is 1.12 bits per heavy atom. The molecule has 2 amide bonds. The maximum Gasteiger partial charge on any atom is 0.263 e. The van der Waals surface area contributed by atoms with Crippen molar-refractivity contribution in [2.24, 2.45) is 0 Å². The number of aromatic nitrogens is 1. The average Bonchev–Trinajstić information content (AvgIpc) is 3.05. The molecule has 1 aliphatic carbocycles. The number of carbonyl (C=O) groups excluding carboxylic acids is 2. The lowest BCUT2D eigenvalue weighted by Gasteiger charge is -2.39. The Labute approximate surface area is 187 Å². The molecule has 3 heterocycles. The molecule has 0 bridgehead atoms. The number of aliphatic hydroxyl groups excluding tert-OH is 1. The summed E-state index contributed by atoms with van der Waals surface area (Å²) in [4.78, 5) is 41.7. The van der Waals surface area contributed by atoms with E-state index < -0.39 is 5.41 Å². The zero-order valence-electron chi connectivity index (χ0n) is 18.3. The zero-order chi connectivity index (χ0) is 22.5. The van der Waals surface area contributed by atoms with Crippen LogP contribution in [0.2, 0.25) is 0 Å². The molecule has 0 radical (unpaired) electrons. The number of amides is 2. The molecule has 2 fully saturated rings. The molecule has 168 valence electrons. The van der Waals surface area contributed by atoms with Crippen molar-refractivity contribution in [3.63, 3.8) is 0 Å². The SMILES string of the molecule is Cc1ccn(C2CCC(O)CC2)c(=O)c1C(=O)N1CCCC2(C1)C(=O)Nc1ccccc12.